The Morgan fingerprint density at radius 1 is 0.839 bits per heavy atom. The van der Waals surface area contributed by atoms with E-state index in [0.717, 1.165) is 22.7 Å². The number of hydrogen-bond donors (Lipinski definition) is 0. The Kier molecular flexibility index (Phi) is 6.33. The number of aromatic nitrogens is 3. The van der Waals surface area contributed by atoms with Crippen LogP contribution in [-0.4, -0.2) is 40.5 Å². The highest BCUT2D eigenvalue weighted by molar-refractivity contribution is 7.99. The molecule has 4 aromatic rings. The van der Waals surface area contributed by atoms with Gasteiger partial charge in [0.15, 0.2) is 16.8 Å². The number of rotatable bonds is 8. The second-order valence-corrected chi connectivity index (χ2v) is 7.59. The molecule has 0 spiro atoms. The maximum Gasteiger partial charge on any atom is 0.196 e. The van der Waals surface area contributed by atoms with Crippen LogP contribution in [0.3, 0.4) is 0 Å². The monoisotopic (exact) mass is 431 g/mol. The molecule has 7 heteroatoms. The SMILES string of the molecule is COc1ccc(C(=O)CSc2nnc(-c3ccccc3)n2-c2ccc(OC)cc2)cc1. The highest BCUT2D eigenvalue weighted by atomic mass is 32.2. The minimum atomic E-state index is 0.0122. The summed E-state index contributed by atoms with van der Waals surface area (Å²) >= 11 is 1.36. The lowest BCUT2D eigenvalue weighted by molar-refractivity contribution is 0.102. The van der Waals surface area contributed by atoms with E-state index in [-0.39, 0.29) is 11.5 Å². The predicted octanol–water partition coefficient (Wildman–Crippen LogP) is 4.93. The topological polar surface area (TPSA) is 66.2 Å². The normalized spacial score (nSPS) is 10.6. The van der Waals surface area contributed by atoms with Crippen molar-refractivity contribution in [2.75, 3.05) is 20.0 Å². The second-order valence-electron chi connectivity index (χ2n) is 6.65. The average molecular weight is 432 g/mol. The van der Waals surface area contributed by atoms with Gasteiger partial charge in [0.2, 0.25) is 0 Å². The van der Waals surface area contributed by atoms with Gasteiger partial charge in [0.25, 0.3) is 0 Å². The van der Waals surface area contributed by atoms with Crippen LogP contribution in [0.1, 0.15) is 10.4 Å². The molecule has 3 aromatic carbocycles. The quantitative estimate of drug-likeness (QED) is 0.291. The van der Waals surface area contributed by atoms with Crippen LogP contribution in [0.4, 0.5) is 0 Å². The van der Waals surface area contributed by atoms with Crippen molar-refractivity contribution in [1.29, 1.82) is 0 Å². The number of ether oxygens (including phenoxy) is 2. The first-order chi connectivity index (χ1) is 15.2. The lowest BCUT2D eigenvalue weighted by atomic mass is 10.1. The molecule has 31 heavy (non-hydrogen) atoms. The second kappa shape index (κ2) is 9.49. The summed E-state index contributed by atoms with van der Waals surface area (Å²) in [5, 5.41) is 9.43. The zero-order chi connectivity index (χ0) is 21.6. The molecule has 0 saturated heterocycles. The maximum absolute atomic E-state index is 12.7. The van der Waals surface area contributed by atoms with E-state index in [1.165, 1.54) is 11.8 Å². The molecule has 0 atom stereocenters. The average Bonchev–Trinajstić information content (AvgIpc) is 3.27. The van der Waals surface area contributed by atoms with Crippen molar-refractivity contribution in [1.82, 2.24) is 14.8 Å². The van der Waals surface area contributed by atoms with Crippen LogP contribution in [-0.2, 0) is 0 Å². The number of nitrogens with zero attached hydrogens (tertiary/aromatic N) is 3. The summed E-state index contributed by atoms with van der Waals surface area (Å²) in [6, 6.07) is 24.6. The van der Waals surface area contributed by atoms with Crippen molar-refractivity contribution >= 4 is 17.5 Å². The molecule has 0 N–H and O–H groups in total. The summed E-state index contributed by atoms with van der Waals surface area (Å²) < 4.78 is 12.4. The van der Waals surface area contributed by atoms with Gasteiger partial charge in [-0.05, 0) is 48.5 Å². The number of carbonyl (C=O) groups is 1. The fraction of sp³-hybridized carbons (Fsp3) is 0.125. The van der Waals surface area contributed by atoms with Crippen molar-refractivity contribution in [3.05, 3.63) is 84.4 Å². The van der Waals surface area contributed by atoms with Crippen LogP contribution >= 0.6 is 11.8 Å². The zero-order valence-electron chi connectivity index (χ0n) is 17.2. The van der Waals surface area contributed by atoms with E-state index >= 15 is 0 Å². The van der Waals surface area contributed by atoms with Crippen LogP contribution in [0.15, 0.2) is 84.0 Å². The van der Waals surface area contributed by atoms with Crippen LogP contribution in [0.5, 0.6) is 11.5 Å². The molecule has 0 bridgehead atoms. The Morgan fingerprint density at radius 2 is 1.45 bits per heavy atom. The van der Waals surface area contributed by atoms with E-state index in [2.05, 4.69) is 10.2 Å². The van der Waals surface area contributed by atoms with Crippen LogP contribution in [0, 0.1) is 0 Å². The molecule has 4 rings (SSSR count). The molecule has 0 aliphatic rings. The van der Waals surface area contributed by atoms with E-state index in [1.807, 2.05) is 59.2 Å². The Labute approximate surface area is 184 Å². The molecule has 0 amide bonds. The molecule has 0 unspecified atom stereocenters. The largest absolute Gasteiger partial charge is 0.497 e. The number of benzene rings is 3. The molecule has 0 aliphatic carbocycles. The molecular formula is C24H21N3O3S. The summed E-state index contributed by atoms with van der Waals surface area (Å²) in [7, 11) is 3.23. The number of thioether (sulfide) groups is 1. The number of hydrogen-bond acceptors (Lipinski definition) is 6. The zero-order valence-corrected chi connectivity index (χ0v) is 18.0. The van der Waals surface area contributed by atoms with Gasteiger partial charge >= 0.3 is 0 Å². The van der Waals surface area contributed by atoms with E-state index in [1.54, 1.807) is 38.5 Å². The van der Waals surface area contributed by atoms with Gasteiger partial charge in [0.1, 0.15) is 11.5 Å². The summed E-state index contributed by atoms with van der Waals surface area (Å²) in [5.41, 5.74) is 2.47. The van der Waals surface area contributed by atoms with Gasteiger partial charge in [-0.15, -0.1) is 10.2 Å². The van der Waals surface area contributed by atoms with Crippen molar-refractivity contribution < 1.29 is 14.3 Å². The molecule has 0 radical (unpaired) electrons. The van der Waals surface area contributed by atoms with E-state index < -0.39 is 0 Å². The first-order valence-corrected chi connectivity index (χ1v) is 10.6. The Balaban J connectivity index is 1.63. The van der Waals surface area contributed by atoms with E-state index in [0.29, 0.717) is 16.5 Å². The third kappa shape index (κ3) is 4.62. The Hall–Kier alpha value is -3.58. The van der Waals surface area contributed by atoms with Crippen LogP contribution in [0.2, 0.25) is 0 Å². The number of carbonyl (C=O) groups excluding carboxylic acids is 1. The highest BCUT2D eigenvalue weighted by Gasteiger charge is 2.18. The van der Waals surface area contributed by atoms with Gasteiger partial charge < -0.3 is 9.47 Å². The lowest BCUT2D eigenvalue weighted by Crippen LogP contribution is -2.05. The molecule has 0 saturated carbocycles. The van der Waals surface area contributed by atoms with Gasteiger partial charge in [-0.2, -0.15) is 0 Å². The first kappa shape index (κ1) is 20.7. The summed E-state index contributed by atoms with van der Waals surface area (Å²) in [6.45, 7) is 0. The van der Waals surface area contributed by atoms with Crippen molar-refractivity contribution in [3.8, 4) is 28.6 Å². The van der Waals surface area contributed by atoms with Crippen molar-refractivity contribution in [2.24, 2.45) is 0 Å². The highest BCUT2D eigenvalue weighted by Crippen LogP contribution is 2.29. The molecule has 1 heterocycles. The fourth-order valence-corrected chi connectivity index (χ4v) is 3.94. The smallest absolute Gasteiger partial charge is 0.196 e. The minimum absolute atomic E-state index is 0.0122. The third-order valence-electron chi connectivity index (χ3n) is 4.74. The van der Waals surface area contributed by atoms with Gasteiger partial charge in [-0.1, -0.05) is 42.1 Å². The molecule has 1 aromatic heterocycles. The molecule has 6 nitrogen and oxygen atoms in total. The number of methoxy groups -OCH3 is 2. The van der Waals surface area contributed by atoms with Gasteiger partial charge in [-0.25, -0.2) is 0 Å². The number of ketones is 1. The lowest BCUT2D eigenvalue weighted by Gasteiger charge is -2.11. The van der Waals surface area contributed by atoms with Crippen molar-refractivity contribution in [3.63, 3.8) is 0 Å². The summed E-state index contributed by atoms with van der Waals surface area (Å²) in [6.07, 6.45) is 0. The number of Topliss-reactive ketones (excluding diaryl/α,β-unsaturated/α-hetero) is 1. The first-order valence-electron chi connectivity index (χ1n) is 9.65. The summed E-state index contributed by atoms with van der Waals surface area (Å²) in [5.74, 6) is 2.45. The van der Waals surface area contributed by atoms with E-state index in [9.17, 15) is 4.79 Å². The minimum Gasteiger partial charge on any atom is -0.497 e. The van der Waals surface area contributed by atoms with Gasteiger partial charge in [0.05, 0.1) is 20.0 Å². The van der Waals surface area contributed by atoms with Crippen LogP contribution in [0.25, 0.3) is 17.1 Å². The molecular weight excluding hydrogens is 410 g/mol. The maximum atomic E-state index is 12.7. The predicted molar refractivity (Wildman–Crippen MR) is 121 cm³/mol. The van der Waals surface area contributed by atoms with Gasteiger partial charge in [-0.3, -0.25) is 9.36 Å². The standard InChI is InChI=1S/C24H21N3O3S/c1-29-20-12-8-17(9-13-20)22(28)16-31-24-26-25-23(18-6-4-3-5-7-18)27(24)19-10-14-21(30-2)15-11-19/h3-15H,16H2,1-2H3. The Morgan fingerprint density at radius 3 is 2.06 bits per heavy atom. The molecule has 156 valence electrons. The Bertz CT molecular complexity index is 1160. The van der Waals surface area contributed by atoms with E-state index in [4.69, 9.17) is 9.47 Å². The third-order valence-corrected chi connectivity index (χ3v) is 5.67. The fourth-order valence-electron chi connectivity index (χ4n) is 3.09. The molecule has 0 aliphatic heterocycles. The van der Waals surface area contributed by atoms with Crippen molar-refractivity contribution in [2.45, 2.75) is 5.16 Å². The molecule has 0 fully saturated rings. The summed E-state index contributed by atoms with van der Waals surface area (Å²) in [4.78, 5) is 12.7. The van der Waals surface area contributed by atoms with Gasteiger partial charge in [0, 0.05) is 16.8 Å². The van der Waals surface area contributed by atoms with Crippen LogP contribution < -0.4 is 9.47 Å².